The summed E-state index contributed by atoms with van der Waals surface area (Å²) in [4.78, 5) is 56.2. The maximum atomic E-state index is 12.9. The molecule has 0 spiro atoms. The van der Waals surface area contributed by atoms with Gasteiger partial charge >= 0.3 is 0 Å². The van der Waals surface area contributed by atoms with Crippen LogP contribution in [0.4, 0.5) is 23.1 Å². The maximum absolute atomic E-state index is 12.9. The number of aromatic nitrogens is 2. The van der Waals surface area contributed by atoms with E-state index in [-0.39, 0.29) is 29.5 Å². The van der Waals surface area contributed by atoms with Gasteiger partial charge in [0.2, 0.25) is 17.8 Å². The normalized spacial score (nSPS) is 14.8. The molecule has 0 unspecified atom stereocenters. The van der Waals surface area contributed by atoms with Crippen LogP contribution in [-0.4, -0.2) is 27.6 Å². The van der Waals surface area contributed by atoms with Crippen LogP contribution >= 0.6 is 23.2 Å². The predicted molar refractivity (Wildman–Crippen MR) is 126 cm³/mol. The molecule has 168 valence electrons. The third-order valence-corrected chi connectivity index (χ3v) is 5.56. The van der Waals surface area contributed by atoms with Gasteiger partial charge in [0.05, 0.1) is 22.2 Å². The van der Waals surface area contributed by atoms with Crippen molar-refractivity contribution in [1.29, 1.82) is 0 Å². The van der Waals surface area contributed by atoms with Gasteiger partial charge < -0.3 is 16.0 Å². The van der Waals surface area contributed by atoms with Gasteiger partial charge in [0.15, 0.2) is 5.78 Å². The predicted octanol–water partition coefficient (Wildman–Crippen LogP) is 4.09. The molecular formula is C22H17Cl2N5O4. The molecule has 2 heterocycles. The lowest BCUT2D eigenvalue weighted by Crippen LogP contribution is -2.36. The lowest BCUT2D eigenvalue weighted by atomic mass is 9.92. The number of ketones is 1. The minimum atomic E-state index is -1.05. The smallest absolute Gasteiger partial charge is 0.258 e. The lowest BCUT2D eigenvalue weighted by molar-refractivity contribution is -0.123. The topological polar surface area (TPSA) is 133 Å². The summed E-state index contributed by atoms with van der Waals surface area (Å²) in [5, 5.41) is 8.83. The summed E-state index contributed by atoms with van der Waals surface area (Å²) in [5.74, 6) is -2.14. The fourth-order valence-corrected chi connectivity index (χ4v) is 3.85. The number of nitrogens with zero attached hydrogens (tertiary/aromatic N) is 1. The van der Waals surface area contributed by atoms with E-state index in [0.717, 1.165) is 0 Å². The van der Waals surface area contributed by atoms with E-state index in [1.807, 2.05) is 0 Å². The molecule has 0 aliphatic carbocycles. The molecule has 3 aromatic rings. The summed E-state index contributed by atoms with van der Waals surface area (Å²) >= 11 is 12.0. The molecule has 11 heteroatoms. The number of hydrogen-bond acceptors (Lipinski definition) is 6. The van der Waals surface area contributed by atoms with Gasteiger partial charge in [-0.3, -0.25) is 24.2 Å². The molecular weight excluding hydrogens is 469 g/mol. The number of benzene rings is 2. The molecule has 4 N–H and O–H groups in total. The van der Waals surface area contributed by atoms with Gasteiger partial charge in [-0.25, -0.2) is 0 Å². The second kappa shape index (κ2) is 9.05. The summed E-state index contributed by atoms with van der Waals surface area (Å²) in [6.07, 6.45) is -0.217. The van der Waals surface area contributed by atoms with E-state index in [1.54, 1.807) is 36.4 Å². The van der Waals surface area contributed by atoms with Crippen molar-refractivity contribution >= 4 is 63.9 Å². The fourth-order valence-electron chi connectivity index (χ4n) is 3.39. The molecule has 1 aromatic heterocycles. The molecule has 0 radical (unpaired) electrons. The number of carbonyl (C=O) groups is 3. The minimum absolute atomic E-state index is 0.0188. The summed E-state index contributed by atoms with van der Waals surface area (Å²) in [6.45, 7) is 1.44. The van der Waals surface area contributed by atoms with Crippen molar-refractivity contribution in [3.8, 4) is 0 Å². The van der Waals surface area contributed by atoms with Crippen LogP contribution in [-0.2, 0) is 9.59 Å². The van der Waals surface area contributed by atoms with Gasteiger partial charge in [-0.2, -0.15) is 4.98 Å². The highest BCUT2D eigenvalue weighted by Gasteiger charge is 2.34. The van der Waals surface area contributed by atoms with E-state index in [0.29, 0.717) is 27.0 Å². The van der Waals surface area contributed by atoms with Crippen LogP contribution in [0.3, 0.4) is 0 Å². The van der Waals surface area contributed by atoms with Crippen molar-refractivity contribution in [2.24, 2.45) is 0 Å². The number of hydrogen-bond donors (Lipinski definition) is 4. The van der Waals surface area contributed by atoms with E-state index in [1.165, 1.54) is 13.0 Å². The van der Waals surface area contributed by atoms with Gasteiger partial charge in [-0.05, 0) is 49.4 Å². The quantitative estimate of drug-likeness (QED) is 0.402. The molecule has 1 aliphatic heterocycles. The largest absolute Gasteiger partial charge is 0.326 e. The maximum Gasteiger partial charge on any atom is 0.258 e. The summed E-state index contributed by atoms with van der Waals surface area (Å²) < 4.78 is 0. The highest BCUT2D eigenvalue weighted by Crippen LogP contribution is 2.31. The first-order valence-electron chi connectivity index (χ1n) is 9.79. The molecule has 0 bridgehead atoms. The number of rotatable bonds is 5. The average Bonchev–Trinajstić information content (AvgIpc) is 2.75. The van der Waals surface area contributed by atoms with Crippen LogP contribution in [0, 0.1) is 0 Å². The Morgan fingerprint density at radius 2 is 1.82 bits per heavy atom. The Labute approximate surface area is 197 Å². The summed E-state index contributed by atoms with van der Waals surface area (Å²) in [7, 11) is 0. The Kier molecular flexibility index (Phi) is 6.17. The zero-order valence-electron chi connectivity index (χ0n) is 17.2. The molecule has 2 aromatic carbocycles. The van der Waals surface area contributed by atoms with E-state index >= 15 is 0 Å². The molecule has 4 rings (SSSR count). The zero-order chi connectivity index (χ0) is 23.7. The van der Waals surface area contributed by atoms with Crippen molar-refractivity contribution in [3.05, 3.63) is 74.0 Å². The lowest BCUT2D eigenvalue weighted by Gasteiger charge is -2.23. The molecule has 2 amide bonds. The van der Waals surface area contributed by atoms with Gasteiger partial charge in [0, 0.05) is 22.7 Å². The molecule has 33 heavy (non-hydrogen) atoms. The SMILES string of the molecule is CC(=O)c1ccc(NC(=O)[C@@H]2CC(=O)Nc3nc(Nc4ccc(Cl)cc4Cl)[nH]c(=O)c32)cc1. The van der Waals surface area contributed by atoms with Gasteiger partial charge in [0.1, 0.15) is 5.82 Å². The van der Waals surface area contributed by atoms with Crippen LogP contribution in [0.2, 0.25) is 10.0 Å². The number of anilines is 4. The number of halogens is 2. The van der Waals surface area contributed by atoms with Crippen molar-refractivity contribution in [1.82, 2.24) is 9.97 Å². The van der Waals surface area contributed by atoms with Crippen molar-refractivity contribution < 1.29 is 14.4 Å². The molecule has 1 atom stereocenters. The number of H-pyrrole nitrogens is 1. The second-order valence-electron chi connectivity index (χ2n) is 7.35. The van der Waals surface area contributed by atoms with Crippen LogP contribution in [0.5, 0.6) is 0 Å². The molecule has 0 fully saturated rings. The third-order valence-electron chi connectivity index (χ3n) is 5.01. The molecule has 0 saturated carbocycles. The van der Waals surface area contributed by atoms with E-state index in [9.17, 15) is 19.2 Å². The third kappa shape index (κ3) is 4.89. The second-order valence-corrected chi connectivity index (χ2v) is 8.20. The van der Waals surface area contributed by atoms with E-state index in [2.05, 4.69) is 25.9 Å². The Bertz CT molecular complexity index is 1340. The van der Waals surface area contributed by atoms with Crippen LogP contribution in [0.25, 0.3) is 0 Å². The van der Waals surface area contributed by atoms with Crippen molar-refractivity contribution in [3.63, 3.8) is 0 Å². The number of fused-ring (bicyclic) bond motifs is 1. The Balaban J connectivity index is 1.61. The highest BCUT2D eigenvalue weighted by molar-refractivity contribution is 6.36. The number of nitrogens with one attached hydrogen (secondary N) is 4. The number of Topliss-reactive ketones (excluding diaryl/α,β-unsaturated/α-hetero) is 1. The van der Waals surface area contributed by atoms with Crippen molar-refractivity contribution in [2.75, 3.05) is 16.0 Å². The monoisotopic (exact) mass is 485 g/mol. The average molecular weight is 486 g/mol. The first-order valence-corrected chi connectivity index (χ1v) is 10.5. The highest BCUT2D eigenvalue weighted by atomic mass is 35.5. The fraction of sp³-hybridized carbons (Fsp3) is 0.136. The minimum Gasteiger partial charge on any atom is -0.326 e. The summed E-state index contributed by atoms with van der Waals surface area (Å²) in [5.41, 5.74) is 0.823. The number of amides is 2. The number of carbonyl (C=O) groups excluding carboxylic acids is 3. The Morgan fingerprint density at radius 1 is 1.09 bits per heavy atom. The summed E-state index contributed by atoms with van der Waals surface area (Å²) in [6, 6.07) is 11.0. The standard InChI is InChI=1S/C22H17Cl2N5O4/c1-10(30)11-2-5-13(6-3-11)25-20(32)14-9-17(31)27-19-18(14)21(33)29-22(28-19)26-16-7-4-12(23)8-15(16)24/h2-8,14H,9H2,1H3,(H,25,32)(H3,26,27,28,29,31,33)/t14-/m1/s1. The van der Waals surface area contributed by atoms with Gasteiger partial charge in [-0.1, -0.05) is 23.2 Å². The first kappa shape index (κ1) is 22.5. The molecule has 1 aliphatic rings. The Morgan fingerprint density at radius 3 is 2.48 bits per heavy atom. The van der Waals surface area contributed by atoms with Crippen LogP contribution < -0.4 is 21.5 Å². The van der Waals surface area contributed by atoms with E-state index in [4.69, 9.17) is 23.2 Å². The van der Waals surface area contributed by atoms with Crippen LogP contribution in [0.1, 0.15) is 35.2 Å². The van der Waals surface area contributed by atoms with Gasteiger partial charge in [0.25, 0.3) is 5.56 Å². The first-order chi connectivity index (χ1) is 15.7. The van der Waals surface area contributed by atoms with Gasteiger partial charge in [-0.15, -0.1) is 0 Å². The molecule has 9 nitrogen and oxygen atoms in total. The van der Waals surface area contributed by atoms with Crippen LogP contribution in [0.15, 0.2) is 47.3 Å². The number of aromatic amines is 1. The Hall–Kier alpha value is -3.69. The molecule has 0 saturated heterocycles. The van der Waals surface area contributed by atoms with Crippen molar-refractivity contribution in [2.45, 2.75) is 19.3 Å². The zero-order valence-corrected chi connectivity index (χ0v) is 18.7. The van der Waals surface area contributed by atoms with E-state index < -0.39 is 23.3 Å².